The SMILES string of the molecule is Cc1nnn(-c2cccc(Cl)c2C)c1CC(=O)O. The van der Waals surface area contributed by atoms with Crippen LogP contribution in [0.5, 0.6) is 0 Å². The normalized spacial score (nSPS) is 10.6. The predicted molar refractivity (Wildman–Crippen MR) is 67.2 cm³/mol. The van der Waals surface area contributed by atoms with Gasteiger partial charge in [-0.3, -0.25) is 4.79 Å². The number of aryl methyl sites for hydroxylation is 1. The molecule has 0 fully saturated rings. The summed E-state index contributed by atoms with van der Waals surface area (Å²) >= 11 is 6.05. The van der Waals surface area contributed by atoms with Gasteiger partial charge < -0.3 is 5.11 Å². The van der Waals surface area contributed by atoms with Crippen LogP contribution in [-0.4, -0.2) is 26.1 Å². The van der Waals surface area contributed by atoms with Crippen LogP contribution in [0.25, 0.3) is 5.69 Å². The second-order valence-corrected chi connectivity index (χ2v) is 4.40. The molecule has 0 bridgehead atoms. The number of benzene rings is 1. The van der Waals surface area contributed by atoms with E-state index in [1.54, 1.807) is 19.1 Å². The first-order valence-corrected chi connectivity index (χ1v) is 5.77. The average Bonchev–Trinajstić information content (AvgIpc) is 2.64. The van der Waals surface area contributed by atoms with E-state index < -0.39 is 5.97 Å². The van der Waals surface area contributed by atoms with Crippen molar-refractivity contribution in [3.63, 3.8) is 0 Å². The lowest BCUT2D eigenvalue weighted by Crippen LogP contribution is -2.10. The molecule has 18 heavy (non-hydrogen) atoms. The predicted octanol–water partition coefficient (Wildman–Crippen LogP) is 2.16. The molecule has 0 saturated carbocycles. The van der Waals surface area contributed by atoms with Crippen molar-refractivity contribution in [2.45, 2.75) is 20.3 Å². The quantitative estimate of drug-likeness (QED) is 0.923. The lowest BCUT2D eigenvalue weighted by Gasteiger charge is -2.09. The maximum atomic E-state index is 10.9. The van der Waals surface area contributed by atoms with Crippen molar-refractivity contribution < 1.29 is 9.90 Å². The van der Waals surface area contributed by atoms with Gasteiger partial charge >= 0.3 is 5.97 Å². The lowest BCUT2D eigenvalue weighted by atomic mass is 10.2. The molecule has 2 aromatic rings. The highest BCUT2D eigenvalue weighted by molar-refractivity contribution is 6.31. The number of rotatable bonds is 3. The zero-order chi connectivity index (χ0) is 13.3. The van der Waals surface area contributed by atoms with E-state index in [9.17, 15) is 4.79 Å². The van der Waals surface area contributed by atoms with E-state index in [1.165, 1.54) is 4.68 Å². The first-order chi connectivity index (χ1) is 8.50. The molecule has 0 aliphatic heterocycles. The summed E-state index contributed by atoms with van der Waals surface area (Å²) in [5.41, 5.74) is 2.76. The van der Waals surface area contributed by atoms with Gasteiger partial charge in [0.1, 0.15) is 0 Å². The Labute approximate surface area is 109 Å². The Hall–Kier alpha value is -1.88. The van der Waals surface area contributed by atoms with Gasteiger partial charge in [0.05, 0.1) is 23.5 Å². The molecule has 0 aliphatic carbocycles. The summed E-state index contributed by atoms with van der Waals surface area (Å²) in [5.74, 6) is -0.915. The monoisotopic (exact) mass is 265 g/mol. The molecular weight excluding hydrogens is 254 g/mol. The van der Waals surface area contributed by atoms with E-state index in [0.29, 0.717) is 16.4 Å². The summed E-state index contributed by atoms with van der Waals surface area (Å²) in [5, 5.41) is 17.4. The van der Waals surface area contributed by atoms with E-state index in [4.69, 9.17) is 16.7 Å². The molecule has 5 nitrogen and oxygen atoms in total. The van der Waals surface area contributed by atoms with Gasteiger partial charge in [-0.1, -0.05) is 22.9 Å². The first-order valence-electron chi connectivity index (χ1n) is 5.39. The van der Waals surface area contributed by atoms with E-state index in [-0.39, 0.29) is 6.42 Å². The summed E-state index contributed by atoms with van der Waals surface area (Å²) in [6.45, 7) is 3.60. The van der Waals surface area contributed by atoms with Gasteiger partial charge in [-0.15, -0.1) is 5.10 Å². The smallest absolute Gasteiger partial charge is 0.309 e. The van der Waals surface area contributed by atoms with E-state index in [0.717, 1.165) is 11.3 Å². The Kier molecular flexibility index (Phi) is 3.34. The Morgan fingerprint density at radius 1 is 1.44 bits per heavy atom. The van der Waals surface area contributed by atoms with Crippen molar-refractivity contribution in [2.75, 3.05) is 0 Å². The number of carboxylic acids is 1. The Morgan fingerprint density at radius 3 is 2.83 bits per heavy atom. The van der Waals surface area contributed by atoms with Gasteiger partial charge in [-0.25, -0.2) is 4.68 Å². The van der Waals surface area contributed by atoms with Gasteiger partial charge in [0, 0.05) is 5.02 Å². The lowest BCUT2D eigenvalue weighted by molar-refractivity contribution is -0.136. The van der Waals surface area contributed by atoms with Crippen LogP contribution >= 0.6 is 11.6 Å². The maximum absolute atomic E-state index is 10.9. The minimum Gasteiger partial charge on any atom is -0.481 e. The highest BCUT2D eigenvalue weighted by Gasteiger charge is 2.16. The standard InChI is InChI=1S/C12H12ClN3O2/c1-7-9(13)4-3-5-10(7)16-11(6-12(17)18)8(2)14-15-16/h3-5H,6H2,1-2H3,(H,17,18). The van der Waals surface area contributed by atoms with Gasteiger partial charge in [0.2, 0.25) is 0 Å². The fraction of sp³-hybridized carbons (Fsp3) is 0.250. The third-order valence-corrected chi connectivity index (χ3v) is 3.15. The second kappa shape index (κ2) is 4.78. The summed E-state index contributed by atoms with van der Waals surface area (Å²) in [6.07, 6.45) is -0.120. The highest BCUT2D eigenvalue weighted by Crippen LogP contribution is 2.23. The number of aromatic nitrogens is 3. The van der Waals surface area contributed by atoms with Gasteiger partial charge in [0.25, 0.3) is 0 Å². The number of aliphatic carboxylic acids is 1. The minimum atomic E-state index is -0.915. The molecule has 0 amide bonds. The van der Waals surface area contributed by atoms with Crippen LogP contribution in [0.2, 0.25) is 5.02 Å². The molecule has 0 radical (unpaired) electrons. The molecule has 0 atom stereocenters. The Balaban J connectivity index is 2.57. The molecule has 1 aromatic heterocycles. The molecule has 0 aliphatic rings. The zero-order valence-corrected chi connectivity index (χ0v) is 10.8. The summed E-state index contributed by atoms with van der Waals surface area (Å²) in [7, 11) is 0. The number of hydrogen-bond donors (Lipinski definition) is 1. The van der Waals surface area contributed by atoms with Crippen molar-refractivity contribution >= 4 is 17.6 Å². The van der Waals surface area contributed by atoms with Gasteiger partial charge in [-0.05, 0) is 31.5 Å². The summed E-state index contributed by atoms with van der Waals surface area (Å²) in [6, 6.07) is 5.41. The van der Waals surface area contributed by atoms with Crippen LogP contribution in [0.15, 0.2) is 18.2 Å². The topological polar surface area (TPSA) is 68.0 Å². The summed E-state index contributed by atoms with van der Waals surface area (Å²) < 4.78 is 1.53. The second-order valence-electron chi connectivity index (χ2n) is 3.99. The largest absolute Gasteiger partial charge is 0.481 e. The van der Waals surface area contributed by atoms with Crippen LogP contribution in [0.3, 0.4) is 0 Å². The van der Waals surface area contributed by atoms with Crippen molar-refractivity contribution in [2.24, 2.45) is 0 Å². The first kappa shape index (κ1) is 12.6. The van der Waals surface area contributed by atoms with Gasteiger partial charge in [-0.2, -0.15) is 0 Å². The van der Waals surface area contributed by atoms with Crippen LogP contribution in [0.1, 0.15) is 17.0 Å². The highest BCUT2D eigenvalue weighted by atomic mass is 35.5. The van der Waals surface area contributed by atoms with Crippen LogP contribution in [0.4, 0.5) is 0 Å². The molecule has 1 N–H and O–H groups in total. The number of hydrogen-bond acceptors (Lipinski definition) is 3. The summed E-state index contributed by atoms with van der Waals surface area (Å²) in [4.78, 5) is 10.9. The van der Waals surface area contributed by atoms with Crippen LogP contribution in [-0.2, 0) is 11.2 Å². The maximum Gasteiger partial charge on any atom is 0.309 e. The Morgan fingerprint density at radius 2 is 2.17 bits per heavy atom. The van der Waals surface area contributed by atoms with Crippen molar-refractivity contribution in [1.82, 2.24) is 15.0 Å². The van der Waals surface area contributed by atoms with Crippen LogP contribution in [0, 0.1) is 13.8 Å². The Bertz CT molecular complexity index is 607. The van der Waals surface area contributed by atoms with E-state index in [1.807, 2.05) is 13.0 Å². The number of halogens is 1. The fourth-order valence-electron chi connectivity index (χ4n) is 1.74. The average molecular weight is 266 g/mol. The number of carbonyl (C=O) groups is 1. The van der Waals surface area contributed by atoms with E-state index >= 15 is 0 Å². The number of nitrogens with zero attached hydrogens (tertiary/aromatic N) is 3. The molecule has 0 spiro atoms. The minimum absolute atomic E-state index is 0.120. The molecule has 0 saturated heterocycles. The van der Waals surface area contributed by atoms with Crippen molar-refractivity contribution in [3.8, 4) is 5.69 Å². The molecule has 0 unspecified atom stereocenters. The third kappa shape index (κ3) is 2.22. The molecule has 1 heterocycles. The van der Waals surface area contributed by atoms with Crippen molar-refractivity contribution in [1.29, 1.82) is 0 Å². The number of carboxylic acid groups (broad SMARTS) is 1. The third-order valence-electron chi connectivity index (χ3n) is 2.74. The zero-order valence-electron chi connectivity index (χ0n) is 10.0. The molecule has 6 heteroatoms. The van der Waals surface area contributed by atoms with Crippen LogP contribution < -0.4 is 0 Å². The molecule has 1 aromatic carbocycles. The molecule has 2 rings (SSSR count). The van der Waals surface area contributed by atoms with E-state index in [2.05, 4.69) is 10.3 Å². The molecule has 94 valence electrons. The molecular formula is C12H12ClN3O2. The fourth-order valence-corrected chi connectivity index (χ4v) is 1.91. The van der Waals surface area contributed by atoms with Gasteiger partial charge in [0.15, 0.2) is 0 Å². The van der Waals surface area contributed by atoms with Crippen molar-refractivity contribution in [3.05, 3.63) is 40.2 Å².